The second-order valence-corrected chi connectivity index (χ2v) is 9.07. The van der Waals surface area contributed by atoms with E-state index in [1.54, 1.807) is 25.5 Å². The van der Waals surface area contributed by atoms with E-state index in [-0.39, 0.29) is 12.4 Å². The van der Waals surface area contributed by atoms with E-state index in [9.17, 15) is 8.42 Å². The third kappa shape index (κ3) is 4.52. The summed E-state index contributed by atoms with van der Waals surface area (Å²) in [7, 11) is -3.09. The molecule has 0 saturated carbocycles. The highest BCUT2D eigenvalue weighted by atomic mass is 32.2. The Labute approximate surface area is 127 Å². The molecule has 0 aromatic carbocycles. The summed E-state index contributed by atoms with van der Waals surface area (Å²) in [6.07, 6.45) is 0. The third-order valence-corrected chi connectivity index (χ3v) is 6.23. The number of aromatic nitrogens is 2. The molecule has 122 valence electrons. The molecule has 1 aromatic heterocycles. The SMILES string of the molecule is Cc1nn(CCO)c(C)c1CNCCS(=O)(=O)C(C)(C)C. The van der Waals surface area contributed by atoms with Crippen molar-refractivity contribution in [3.8, 4) is 0 Å². The van der Waals surface area contributed by atoms with Gasteiger partial charge in [0.25, 0.3) is 0 Å². The average Bonchev–Trinajstić information content (AvgIpc) is 2.60. The summed E-state index contributed by atoms with van der Waals surface area (Å²) in [6.45, 7) is 10.6. The molecular formula is C14H27N3O3S. The van der Waals surface area contributed by atoms with Crippen molar-refractivity contribution in [3.05, 3.63) is 17.0 Å². The van der Waals surface area contributed by atoms with E-state index < -0.39 is 14.6 Å². The molecule has 0 fully saturated rings. The molecule has 0 saturated heterocycles. The van der Waals surface area contributed by atoms with Gasteiger partial charge < -0.3 is 10.4 Å². The normalized spacial score (nSPS) is 12.9. The molecule has 0 radical (unpaired) electrons. The molecule has 1 heterocycles. The highest BCUT2D eigenvalue weighted by molar-refractivity contribution is 7.92. The van der Waals surface area contributed by atoms with Gasteiger partial charge in [-0.2, -0.15) is 5.10 Å². The molecule has 0 amide bonds. The Bertz CT molecular complexity index is 571. The van der Waals surface area contributed by atoms with Gasteiger partial charge in [0.2, 0.25) is 0 Å². The summed E-state index contributed by atoms with van der Waals surface area (Å²) in [5, 5.41) is 16.5. The molecule has 0 aliphatic carbocycles. The van der Waals surface area contributed by atoms with E-state index in [0.717, 1.165) is 17.0 Å². The van der Waals surface area contributed by atoms with Gasteiger partial charge in [-0.1, -0.05) is 0 Å². The third-order valence-electron chi connectivity index (χ3n) is 3.63. The maximum absolute atomic E-state index is 12.0. The van der Waals surface area contributed by atoms with Crippen molar-refractivity contribution in [1.29, 1.82) is 0 Å². The second-order valence-electron chi connectivity index (χ2n) is 6.20. The van der Waals surface area contributed by atoms with Crippen molar-refractivity contribution >= 4 is 9.84 Å². The van der Waals surface area contributed by atoms with E-state index in [2.05, 4.69) is 10.4 Å². The van der Waals surface area contributed by atoms with Crippen LogP contribution in [0.15, 0.2) is 0 Å². The van der Waals surface area contributed by atoms with Crippen LogP contribution in [0.5, 0.6) is 0 Å². The molecule has 0 bridgehead atoms. The zero-order valence-electron chi connectivity index (χ0n) is 13.6. The van der Waals surface area contributed by atoms with Crippen LogP contribution in [-0.2, 0) is 22.9 Å². The Kier molecular flexibility index (Phi) is 5.95. The lowest BCUT2D eigenvalue weighted by Gasteiger charge is -2.19. The Morgan fingerprint density at radius 2 is 1.90 bits per heavy atom. The van der Waals surface area contributed by atoms with Crippen LogP contribution in [0.4, 0.5) is 0 Å². The van der Waals surface area contributed by atoms with Crippen LogP contribution in [0.1, 0.15) is 37.7 Å². The molecule has 0 aliphatic heterocycles. The molecule has 21 heavy (non-hydrogen) atoms. The number of hydrogen-bond donors (Lipinski definition) is 2. The Balaban J connectivity index is 2.58. The first-order chi connectivity index (χ1) is 9.60. The molecule has 0 atom stereocenters. The molecule has 0 unspecified atom stereocenters. The Morgan fingerprint density at radius 3 is 2.43 bits per heavy atom. The maximum Gasteiger partial charge on any atom is 0.156 e. The lowest BCUT2D eigenvalue weighted by atomic mass is 10.2. The first kappa shape index (κ1) is 18.1. The summed E-state index contributed by atoms with van der Waals surface area (Å²) in [5.74, 6) is 0.124. The number of nitrogens with one attached hydrogen (secondary N) is 1. The van der Waals surface area contributed by atoms with E-state index in [1.165, 1.54) is 0 Å². The fourth-order valence-electron chi connectivity index (χ4n) is 2.03. The van der Waals surface area contributed by atoms with Crippen LogP contribution in [0.25, 0.3) is 0 Å². The van der Waals surface area contributed by atoms with Gasteiger partial charge in [-0.25, -0.2) is 8.42 Å². The van der Waals surface area contributed by atoms with Gasteiger partial charge in [-0.15, -0.1) is 0 Å². The van der Waals surface area contributed by atoms with Gasteiger partial charge in [0, 0.05) is 24.3 Å². The Morgan fingerprint density at radius 1 is 1.29 bits per heavy atom. The number of nitrogens with zero attached hydrogens (tertiary/aromatic N) is 2. The largest absolute Gasteiger partial charge is 0.394 e. The van der Waals surface area contributed by atoms with Crippen molar-refractivity contribution in [1.82, 2.24) is 15.1 Å². The molecule has 6 nitrogen and oxygen atoms in total. The van der Waals surface area contributed by atoms with Crippen molar-refractivity contribution < 1.29 is 13.5 Å². The molecule has 7 heteroatoms. The first-order valence-electron chi connectivity index (χ1n) is 7.17. The summed E-state index contributed by atoms with van der Waals surface area (Å²) < 4.78 is 25.1. The number of aryl methyl sites for hydroxylation is 1. The lowest BCUT2D eigenvalue weighted by Crippen LogP contribution is -2.34. The molecule has 2 N–H and O–H groups in total. The standard InChI is InChI=1S/C14H27N3O3S/c1-11-13(12(2)17(16-11)7-8-18)10-15-6-9-21(19,20)14(3,4)5/h15,18H,6-10H2,1-5H3. The monoisotopic (exact) mass is 317 g/mol. The number of sulfone groups is 1. The Hall–Kier alpha value is -0.920. The average molecular weight is 317 g/mol. The molecule has 1 rings (SSSR count). The first-order valence-corrected chi connectivity index (χ1v) is 8.82. The van der Waals surface area contributed by atoms with Crippen LogP contribution in [0.2, 0.25) is 0 Å². The van der Waals surface area contributed by atoms with E-state index in [4.69, 9.17) is 5.11 Å². The minimum Gasteiger partial charge on any atom is -0.394 e. The van der Waals surface area contributed by atoms with E-state index in [1.807, 2.05) is 13.8 Å². The minimum absolute atomic E-state index is 0.0542. The zero-order chi connectivity index (χ0) is 16.3. The summed E-state index contributed by atoms with van der Waals surface area (Å²) in [5.41, 5.74) is 2.98. The van der Waals surface area contributed by atoms with Crippen LogP contribution in [0, 0.1) is 13.8 Å². The zero-order valence-corrected chi connectivity index (χ0v) is 14.4. The highest BCUT2D eigenvalue weighted by Crippen LogP contribution is 2.16. The molecule has 1 aromatic rings. The van der Waals surface area contributed by atoms with Crippen molar-refractivity contribution in [2.75, 3.05) is 18.9 Å². The van der Waals surface area contributed by atoms with Crippen LogP contribution in [-0.4, -0.2) is 47.0 Å². The summed E-state index contributed by atoms with van der Waals surface area (Å²) >= 11 is 0. The topological polar surface area (TPSA) is 84.2 Å². The summed E-state index contributed by atoms with van der Waals surface area (Å²) in [6, 6.07) is 0. The van der Waals surface area contributed by atoms with Crippen molar-refractivity contribution in [2.45, 2.75) is 52.5 Å². The van der Waals surface area contributed by atoms with Crippen molar-refractivity contribution in [2.24, 2.45) is 0 Å². The molecular weight excluding hydrogens is 290 g/mol. The highest BCUT2D eigenvalue weighted by Gasteiger charge is 2.28. The van der Waals surface area contributed by atoms with E-state index in [0.29, 0.717) is 19.6 Å². The minimum atomic E-state index is -3.09. The van der Waals surface area contributed by atoms with Gasteiger partial charge in [0.1, 0.15) is 0 Å². The number of hydrogen-bond acceptors (Lipinski definition) is 5. The second kappa shape index (κ2) is 6.89. The van der Waals surface area contributed by atoms with Crippen LogP contribution in [0.3, 0.4) is 0 Å². The summed E-state index contributed by atoms with van der Waals surface area (Å²) in [4.78, 5) is 0. The number of rotatable bonds is 7. The predicted octanol–water partition coefficient (Wildman–Crippen LogP) is 0.795. The predicted molar refractivity (Wildman–Crippen MR) is 84.0 cm³/mol. The fourth-order valence-corrected chi connectivity index (χ4v) is 3.05. The van der Waals surface area contributed by atoms with Gasteiger partial charge in [0.05, 0.1) is 29.3 Å². The quantitative estimate of drug-likeness (QED) is 0.727. The van der Waals surface area contributed by atoms with Gasteiger partial charge in [-0.05, 0) is 34.6 Å². The van der Waals surface area contributed by atoms with Gasteiger partial charge >= 0.3 is 0 Å². The van der Waals surface area contributed by atoms with E-state index >= 15 is 0 Å². The number of aliphatic hydroxyl groups excluding tert-OH is 1. The molecule has 0 aliphatic rings. The number of aliphatic hydroxyl groups is 1. The fraction of sp³-hybridized carbons (Fsp3) is 0.786. The maximum atomic E-state index is 12.0. The smallest absolute Gasteiger partial charge is 0.156 e. The van der Waals surface area contributed by atoms with Crippen LogP contribution < -0.4 is 5.32 Å². The van der Waals surface area contributed by atoms with Gasteiger partial charge in [0.15, 0.2) is 9.84 Å². The lowest BCUT2D eigenvalue weighted by molar-refractivity contribution is 0.267. The van der Waals surface area contributed by atoms with Crippen LogP contribution >= 0.6 is 0 Å². The molecule has 0 spiro atoms. The van der Waals surface area contributed by atoms with Gasteiger partial charge in [-0.3, -0.25) is 4.68 Å². The van der Waals surface area contributed by atoms with Crippen molar-refractivity contribution in [3.63, 3.8) is 0 Å².